The van der Waals surface area contributed by atoms with Gasteiger partial charge in [-0.15, -0.1) is 11.3 Å². The van der Waals surface area contributed by atoms with E-state index < -0.39 is 0 Å². The van der Waals surface area contributed by atoms with Crippen LogP contribution in [-0.2, 0) is 11.2 Å². The van der Waals surface area contributed by atoms with E-state index >= 15 is 0 Å². The van der Waals surface area contributed by atoms with Crippen LogP contribution in [0.5, 0.6) is 0 Å². The van der Waals surface area contributed by atoms with Gasteiger partial charge in [0.1, 0.15) is 0 Å². The van der Waals surface area contributed by atoms with Gasteiger partial charge in [-0.3, -0.25) is 4.79 Å². The van der Waals surface area contributed by atoms with Crippen molar-refractivity contribution in [3.8, 4) is 10.4 Å². The molecule has 86 valence electrons. The maximum absolute atomic E-state index is 11.5. The molecule has 1 amide bonds. The molecule has 1 aliphatic heterocycles. The van der Waals surface area contributed by atoms with E-state index in [0.29, 0.717) is 6.42 Å². The summed E-state index contributed by atoms with van der Waals surface area (Å²) in [6.07, 6.45) is 0.558. The van der Waals surface area contributed by atoms with E-state index in [9.17, 15) is 4.79 Å². The molecule has 0 atom stereocenters. The number of fused-ring (bicyclic) bond motifs is 1. The first-order chi connectivity index (χ1) is 8.15. The number of aryl methyl sites for hydroxylation is 1. The lowest BCUT2D eigenvalue weighted by Gasteiger charge is -2.07. The van der Waals surface area contributed by atoms with Gasteiger partial charge in [0.05, 0.1) is 12.1 Å². The predicted molar refractivity (Wildman–Crippen MR) is 71.6 cm³/mol. The number of thiophene rings is 1. The Hall–Kier alpha value is -1.61. The fraction of sp³-hybridized carbons (Fsp3) is 0.214. The maximum Gasteiger partial charge on any atom is 0.232 e. The average Bonchev–Trinajstić information content (AvgIpc) is 2.82. The van der Waals surface area contributed by atoms with Gasteiger partial charge < -0.3 is 4.90 Å². The Balaban J connectivity index is 2.02. The number of carbonyl (C=O) groups is 1. The molecule has 0 aliphatic carbocycles. The van der Waals surface area contributed by atoms with Gasteiger partial charge in [0, 0.05) is 16.8 Å². The summed E-state index contributed by atoms with van der Waals surface area (Å²) in [4.78, 5) is 15.7. The zero-order chi connectivity index (χ0) is 12.0. The van der Waals surface area contributed by atoms with E-state index in [1.807, 2.05) is 7.05 Å². The number of amides is 1. The summed E-state index contributed by atoms with van der Waals surface area (Å²) in [5.41, 5.74) is 3.58. The molecule has 1 aromatic carbocycles. The Bertz CT molecular complexity index is 583. The average molecular weight is 243 g/mol. The van der Waals surface area contributed by atoms with Crippen molar-refractivity contribution in [2.75, 3.05) is 11.9 Å². The lowest BCUT2D eigenvalue weighted by Crippen LogP contribution is -2.20. The van der Waals surface area contributed by atoms with Crippen molar-refractivity contribution in [1.82, 2.24) is 0 Å². The highest BCUT2D eigenvalue weighted by molar-refractivity contribution is 7.16. The van der Waals surface area contributed by atoms with E-state index in [4.69, 9.17) is 0 Å². The molecule has 3 rings (SSSR count). The monoisotopic (exact) mass is 243 g/mol. The third-order valence-corrected chi connectivity index (χ3v) is 4.34. The van der Waals surface area contributed by atoms with Gasteiger partial charge in [-0.25, -0.2) is 0 Å². The zero-order valence-corrected chi connectivity index (χ0v) is 10.7. The molecule has 0 unspecified atom stereocenters. The van der Waals surface area contributed by atoms with Gasteiger partial charge in [-0.2, -0.15) is 0 Å². The van der Waals surface area contributed by atoms with Crippen LogP contribution in [-0.4, -0.2) is 13.0 Å². The van der Waals surface area contributed by atoms with Crippen LogP contribution < -0.4 is 4.90 Å². The molecule has 0 spiro atoms. The van der Waals surface area contributed by atoms with Crippen molar-refractivity contribution in [2.45, 2.75) is 13.3 Å². The SMILES string of the molecule is Cc1ccc(-c2cc3c(s2)CC(=O)N3C)cc1. The van der Waals surface area contributed by atoms with Gasteiger partial charge in [0.25, 0.3) is 0 Å². The molecule has 1 aromatic heterocycles. The molecule has 0 radical (unpaired) electrons. The number of benzene rings is 1. The van der Waals surface area contributed by atoms with Gasteiger partial charge >= 0.3 is 0 Å². The second-order valence-electron chi connectivity index (χ2n) is 4.41. The molecule has 0 bridgehead atoms. The molecule has 0 saturated carbocycles. The molecular formula is C14H13NOS. The van der Waals surface area contributed by atoms with Crippen LogP contribution in [0.1, 0.15) is 10.4 Å². The predicted octanol–water partition coefficient (Wildman–Crippen LogP) is 3.24. The highest BCUT2D eigenvalue weighted by Crippen LogP contribution is 2.40. The molecule has 3 heteroatoms. The fourth-order valence-electron chi connectivity index (χ4n) is 2.08. The molecule has 2 heterocycles. The Morgan fingerprint density at radius 1 is 1.24 bits per heavy atom. The van der Waals surface area contributed by atoms with Crippen molar-refractivity contribution in [1.29, 1.82) is 0 Å². The van der Waals surface area contributed by atoms with Gasteiger partial charge in [-0.1, -0.05) is 29.8 Å². The smallest absolute Gasteiger partial charge is 0.232 e. The van der Waals surface area contributed by atoms with E-state index in [-0.39, 0.29) is 5.91 Å². The number of likely N-dealkylation sites (N-methyl/N-ethyl adjacent to an activating group) is 1. The van der Waals surface area contributed by atoms with Crippen LogP contribution in [0.3, 0.4) is 0 Å². The van der Waals surface area contributed by atoms with Gasteiger partial charge in [0.2, 0.25) is 5.91 Å². The number of hydrogen-bond donors (Lipinski definition) is 0. The van der Waals surface area contributed by atoms with Crippen molar-refractivity contribution >= 4 is 22.9 Å². The van der Waals surface area contributed by atoms with Crippen molar-refractivity contribution in [3.63, 3.8) is 0 Å². The molecule has 0 fully saturated rings. The van der Waals surface area contributed by atoms with Crippen LogP contribution in [0, 0.1) is 6.92 Å². The van der Waals surface area contributed by atoms with E-state index in [0.717, 1.165) is 5.69 Å². The Kier molecular flexibility index (Phi) is 2.30. The summed E-state index contributed by atoms with van der Waals surface area (Å²) < 4.78 is 0. The van der Waals surface area contributed by atoms with Crippen LogP contribution in [0.25, 0.3) is 10.4 Å². The van der Waals surface area contributed by atoms with Crippen molar-refractivity contribution in [3.05, 3.63) is 40.8 Å². The third kappa shape index (κ3) is 1.67. The second kappa shape index (κ2) is 3.70. The third-order valence-electron chi connectivity index (χ3n) is 3.17. The second-order valence-corrected chi connectivity index (χ2v) is 5.55. The lowest BCUT2D eigenvalue weighted by atomic mass is 10.1. The van der Waals surface area contributed by atoms with Crippen molar-refractivity contribution < 1.29 is 4.79 Å². The van der Waals surface area contributed by atoms with E-state index in [1.54, 1.807) is 16.2 Å². The fourth-order valence-corrected chi connectivity index (χ4v) is 3.27. The van der Waals surface area contributed by atoms with Crippen LogP contribution >= 0.6 is 11.3 Å². The molecule has 17 heavy (non-hydrogen) atoms. The largest absolute Gasteiger partial charge is 0.314 e. The topological polar surface area (TPSA) is 20.3 Å². The molecule has 0 saturated heterocycles. The summed E-state index contributed by atoms with van der Waals surface area (Å²) in [7, 11) is 1.85. The molecule has 0 N–H and O–H groups in total. The first kappa shape index (κ1) is 10.5. The Morgan fingerprint density at radius 3 is 2.59 bits per heavy atom. The molecular weight excluding hydrogens is 230 g/mol. The highest BCUT2D eigenvalue weighted by Gasteiger charge is 2.26. The quantitative estimate of drug-likeness (QED) is 0.753. The summed E-state index contributed by atoms with van der Waals surface area (Å²) in [5, 5.41) is 0. The zero-order valence-electron chi connectivity index (χ0n) is 9.86. The number of rotatable bonds is 1. The first-order valence-corrected chi connectivity index (χ1v) is 6.43. The van der Waals surface area contributed by atoms with Crippen LogP contribution in [0.4, 0.5) is 5.69 Å². The van der Waals surface area contributed by atoms with Gasteiger partial charge in [-0.05, 0) is 18.6 Å². The molecule has 2 aromatic rings. The first-order valence-electron chi connectivity index (χ1n) is 5.61. The molecule has 1 aliphatic rings. The van der Waals surface area contributed by atoms with E-state index in [2.05, 4.69) is 37.3 Å². The number of anilines is 1. The Labute approximate surface area is 105 Å². The molecule has 2 nitrogen and oxygen atoms in total. The number of nitrogens with zero attached hydrogens (tertiary/aromatic N) is 1. The van der Waals surface area contributed by atoms with Crippen LogP contribution in [0.2, 0.25) is 0 Å². The minimum atomic E-state index is 0.196. The van der Waals surface area contributed by atoms with Crippen LogP contribution in [0.15, 0.2) is 30.3 Å². The highest BCUT2D eigenvalue weighted by atomic mass is 32.1. The number of hydrogen-bond acceptors (Lipinski definition) is 2. The maximum atomic E-state index is 11.5. The number of carbonyl (C=O) groups excluding carboxylic acids is 1. The summed E-state index contributed by atoms with van der Waals surface area (Å²) in [6, 6.07) is 10.6. The Morgan fingerprint density at radius 2 is 1.94 bits per heavy atom. The van der Waals surface area contributed by atoms with E-state index in [1.165, 1.54) is 20.9 Å². The standard InChI is InChI=1S/C14H13NOS/c1-9-3-5-10(6-4-9)12-7-11-13(17-12)8-14(16)15(11)2/h3-7H,8H2,1-2H3. The normalized spacial score (nSPS) is 14.2. The summed E-state index contributed by atoms with van der Waals surface area (Å²) in [6.45, 7) is 2.09. The van der Waals surface area contributed by atoms with Crippen molar-refractivity contribution in [2.24, 2.45) is 0 Å². The minimum absolute atomic E-state index is 0.196. The lowest BCUT2D eigenvalue weighted by molar-refractivity contribution is -0.117. The van der Waals surface area contributed by atoms with Gasteiger partial charge in [0.15, 0.2) is 0 Å². The minimum Gasteiger partial charge on any atom is -0.314 e. The summed E-state index contributed by atoms with van der Waals surface area (Å²) in [5.74, 6) is 0.196. The summed E-state index contributed by atoms with van der Waals surface area (Å²) >= 11 is 1.73.